The lowest BCUT2D eigenvalue weighted by molar-refractivity contribution is -0.116. The third-order valence-corrected chi connectivity index (χ3v) is 2.87. The van der Waals surface area contributed by atoms with Gasteiger partial charge >= 0.3 is 0 Å². The van der Waals surface area contributed by atoms with Gasteiger partial charge in [0.2, 0.25) is 5.91 Å². The van der Waals surface area contributed by atoms with E-state index in [4.69, 9.17) is 0 Å². The van der Waals surface area contributed by atoms with Gasteiger partial charge in [-0.2, -0.15) is 0 Å². The van der Waals surface area contributed by atoms with E-state index >= 15 is 0 Å². The summed E-state index contributed by atoms with van der Waals surface area (Å²) >= 11 is 1.20. The highest BCUT2D eigenvalue weighted by molar-refractivity contribution is 8.15. The molecule has 0 unspecified atom stereocenters. The summed E-state index contributed by atoms with van der Waals surface area (Å²) in [5.41, 5.74) is 2.39. The molecule has 1 aliphatic rings. The minimum atomic E-state index is -0.530. The van der Waals surface area contributed by atoms with Gasteiger partial charge in [-0.15, -0.1) is 5.10 Å². The number of phenolic OH excluding ortho intramolecular Hbond substituents is 1. The average Bonchev–Trinajstić information content (AvgIpc) is 2.73. The molecule has 7 heteroatoms. The van der Waals surface area contributed by atoms with E-state index in [2.05, 4.69) is 15.8 Å². The topological polar surface area (TPSA) is 90.8 Å². The Morgan fingerprint density at radius 1 is 1.47 bits per heavy atom. The fourth-order valence-corrected chi connectivity index (χ4v) is 1.85. The van der Waals surface area contributed by atoms with Crippen LogP contribution in [0, 0.1) is 0 Å². The van der Waals surface area contributed by atoms with E-state index in [0.29, 0.717) is 10.9 Å². The zero-order valence-corrected chi connectivity index (χ0v) is 9.45. The van der Waals surface area contributed by atoms with E-state index in [1.54, 1.807) is 12.1 Å². The molecule has 0 aliphatic carbocycles. The Kier molecular flexibility index (Phi) is 3.29. The highest BCUT2D eigenvalue weighted by atomic mass is 32.2. The minimum Gasteiger partial charge on any atom is -0.507 e. The van der Waals surface area contributed by atoms with E-state index in [0.717, 1.165) is 0 Å². The first-order valence-electron chi connectivity index (χ1n) is 4.75. The van der Waals surface area contributed by atoms with Gasteiger partial charge in [-0.1, -0.05) is 23.9 Å². The first-order chi connectivity index (χ1) is 8.16. The van der Waals surface area contributed by atoms with E-state index in [1.807, 2.05) is 0 Å². The van der Waals surface area contributed by atoms with Gasteiger partial charge in [0.1, 0.15) is 5.75 Å². The van der Waals surface area contributed by atoms with E-state index in [-0.39, 0.29) is 17.2 Å². The maximum absolute atomic E-state index is 11.6. The molecule has 17 heavy (non-hydrogen) atoms. The Hall–Kier alpha value is -2.02. The van der Waals surface area contributed by atoms with Gasteiger partial charge in [-0.25, -0.2) is 5.43 Å². The second-order valence-corrected chi connectivity index (χ2v) is 4.18. The van der Waals surface area contributed by atoms with Crippen LogP contribution in [0.25, 0.3) is 0 Å². The van der Waals surface area contributed by atoms with Crippen molar-refractivity contribution >= 4 is 28.7 Å². The highest BCUT2D eigenvalue weighted by Gasteiger charge is 2.17. The Morgan fingerprint density at radius 2 is 2.24 bits per heavy atom. The summed E-state index contributed by atoms with van der Waals surface area (Å²) in [4.78, 5) is 22.5. The molecule has 1 aromatic carbocycles. The number of para-hydroxylation sites is 1. The van der Waals surface area contributed by atoms with E-state index in [1.165, 1.54) is 23.9 Å². The van der Waals surface area contributed by atoms with Gasteiger partial charge in [0.05, 0.1) is 11.3 Å². The van der Waals surface area contributed by atoms with Crippen LogP contribution in [0.3, 0.4) is 0 Å². The molecule has 0 atom stereocenters. The van der Waals surface area contributed by atoms with Gasteiger partial charge in [-0.05, 0) is 12.1 Å². The predicted molar refractivity (Wildman–Crippen MR) is 63.6 cm³/mol. The molecule has 0 spiro atoms. The Labute approximate surface area is 101 Å². The number of hydrazone groups is 1. The summed E-state index contributed by atoms with van der Waals surface area (Å²) in [6.45, 7) is 0. The summed E-state index contributed by atoms with van der Waals surface area (Å²) < 4.78 is 0. The number of benzene rings is 1. The van der Waals surface area contributed by atoms with Crippen LogP contribution in [-0.2, 0) is 4.79 Å². The van der Waals surface area contributed by atoms with Gasteiger partial charge in [0.15, 0.2) is 5.17 Å². The number of carbonyl (C=O) groups excluding carboxylic acids is 2. The summed E-state index contributed by atoms with van der Waals surface area (Å²) in [7, 11) is 0. The second kappa shape index (κ2) is 4.88. The first-order valence-corrected chi connectivity index (χ1v) is 5.74. The van der Waals surface area contributed by atoms with Crippen molar-refractivity contribution in [2.75, 3.05) is 5.75 Å². The Morgan fingerprint density at radius 3 is 2.88 bits per heavy atom. The third-order valence-electron chi connectivity index (χ3n) is 1.99. The molecule has 88 valence electrons. The quantitative estimate of drug-likeness (QED) is 0.657. The Bertz CT molecular complexity index is 501. The number of aromatic hydroxyl groups is 1. The van der Waals surface area contributed by atoms with E-state index in [9.17, 15) is 14.7 Å². The SMILES string of the molecule is O=C1CSC(=NNC(=O)c2ccccc2O)N1. The molecule has 1 fully saturated rings. The summed E-state index contributed by atoms with van der Waals surface area (Å²) in [5.74, 6) is -0.498. The van der Waals surface area contributed by atoms with Crippen molar-refractivity contribution in [2.45, 2.75) is 0 Å². The molecule has 0 saturated carbocycles. The largest absolute Gasteiger partial charge is 0.507 e. The zero-order valence-electron chi connectivity index (χ0n) is 8.64. The number of amides is 2. The van der Waals surface area contributed by atoms with E-state index < -0.39 is 5.91 Å². The number of rotatable bonds is 2. The molecule has 3 N–H and O–H groups in total. The number of phenols is 1. The molecule has 1 heterocycles. The maximum atomic E-state index is 11.6. The third kappa shape index (κ3) is 2.76. The lowest BCUT2D eigenvalue weighted by Gasteiger charge is -2.02. The molecule has 0 bridgehead atoms. The molecule has 0 radical (unpaired) electrons. The van der Waals surface area contributed by atoms with Gasteiger partial charge in [0, 0.05) is 0 Å². The van der Waals surface area contributed by atoms with Gasteiger partial charge in [-0.3, -0.25) is 9.59 Å². The van der Waals surface area contributed by atoms with Crippen molar-refractivity contribution in [3.63, 3.8) is 0 Å². The lowest BCUT2D eigenvalue weighted by atomic mass is 10.2. The van der Waals surface area contributed by atoms with Crippen LogP contribution >= 0.6 is 11.8 Å². The fraction of sp³-hybridized carbons (Fsp3) is 0.100. The molecular weight excluding hydrogens is 242 g/mol. The summed E-state index contributed by atoms with van der Waals surface area (Å²) in [6.07, 6.45) is 0. The van der Waals surface area contributed by atoms with Crippen LogP contribution in [0.2, 0.25) is 0 Å². The molecule has 1 aliphatic heterocycles. The smallest absolute Gasteiger partial charge is 0.275 e. The van der Waals surface area contributed by atoms with Crippen molar-refractivity contribution in [1.82, 2.24) is 10.7 Å². The molecule has 6 nitrogen and oxygen atoms in total. The highest BCUT2D eigenvalue weighted by Crippen LogP contribution is 2.15. The number of nitrogens with zero attached hydrogens (tertiary/aromatic N) is 1. The molecule has 0 aromatic heterocycles. The number of hydrogen-bond acceptors (Lipinski definition) is 5. The van der Waals surface area contributed by atoms with Crippen LogP contribution in [0.1, 0.15) is 10.4 Å². The molecule has 1 saturated heterocycles. The molecule has 2 amide bonds. The van der Waals surface area contributed by atoms with Gasteiger partial charge in [0.25, 0.3) is 5.91 Å². The van der Waals surface area contributed by atoms with Crippen LogP contribution in [-0.4, -0.2) is 27.8 Å². The van der Waals surface area contributed by atoms with Crippen LogP contribution in [0.5, 0.6) is 5.75 Å². The van der Waals surface area contributed by atoms with Crippen molar-refractivity contribution < 1.29 is 14.7 Å². The minimum absolute atomic E-state index is 0.117. The number of amidine groups is 1. The monoisotopic (exact) mass is 251 g/mol. The normalized spacial score (nSPS) is 16.9. The fourth-order valence-electron chi connectivity index (χ4n) is 1.21. The Balaban J connectivity index is 2.03. The first kappa shape index (κ1) is 11.5. The van der Waals surface area contributed by atoms with Crippen LogP contribution < -0.4 is 10.7 Å². The predicted octanol–water partition coefficient (Wildman–Crippen LogP) is 0.256. The summed E-state index contributed by atoms with van der Waals surface area (Å²) in [6, 6.07) is 6.14. The summed E-state index contributed by atoms with van der Waals surface area (Å²) in [5, 5.41) is 16.0. The van der Waals surface area contributed by atoms with Gasteiger partial charge < -0.3 is 10.4 Å². The number of thioether (sulfide) groups is 1. The lowest BCUT2D eigenvalue weighted by Crippen LogP contribution is -2.25. The van der Waals surface area contributed by atoms with Crippen molar-refractivity contribution in [3.8, 4) is 5.75 Å². The molecule has 2 rings (SSSR count). The number of hydrogen-bond donors (Lipinski definition) is 3. The second-order valence-electron chi connectivity index (χ2n) is 3.21. The van der Waals surface area contributed by atoms with Crippen LogP contribution in [0.4, 0.5) is 0 Å². The number of nitrogens with one attached hydrogen (secondary N) is 2. The van der Waals surface area contributed by atoms with Crippen LogP contribution in [0.15, 0.2) is 29.4 Å². The standard InChI is InChI=1S/C10H9N3O3S/c14-7-4-2-1-3-6(7)9(16)12-13-10-11-8(15)5-17-10/h1-4,14H,5H2,(H,12,16)(H,11,13,15). The maximum Gasteiger partial charge on any atom is 0.275 e. The van der Waals surface area contributed by atoms with Crippen molar-refractivity contribution in [1.29, 1.82) is 0 Å². The van der Waals surface area contributed by atoms with Crippen molar-refractivity contribution in [2.24, 2.45) is 5.10 Å². The molecular formula is C10H9N3O3S. The zero-order chi connectivity index (χ0) is 12.3. The van der Waals surface area contributed by atoms with Crippen molar-refractivity contribution in [3.05, 3.63) is 29.8 Å². The average molecular weight is 251 g/mol. The number of carbonyl (C=O) groups is 2. The molecule has 1 aromatic rings.